The summed E-state index contributed by atoms with van der Waals surface area (Å²) in [6.45, 7) is 6.29. The van der Waals surface area contributed by atoms with Crippen molar-refractivity contribution in [3.8, 4) is 11.6 Å². The van der Waals surface area contributed by atoms with Crippen LogP contribution in [0.3, 0.4) is 0 Å². The fourth-order valence-corrected chi connectivity index (χ4v) is 2.86. The van der Waals surface area contributed by atoms with Crippen LogP contribution in [0.2, 0.25) is 0 Å². The molecule has 25 heavy (non-hydrogen) atoms. The van der Waals surface area contributed by atoms with Gasteiger partial charge in [-0.25, -0.2) is 14.4 Å². The molecule has 0 spiro atoms. The van der Waals surface area contributed by atoms with Gasteiger partial charge in [-0.05, 0) is 37.8 Å². The molecule has 1 saturated carbocycles. The van der Waals surface area contributed by atoms with E-state index in [1.807, 2.05) is 6.20 Å². The minimum atomic E-state index is -0.442. The van der Waals surface area contributed by atoms with E-state index in [1.165, 1.54) is 25.1 Å². The first-order valence-corrected chi connectivity index (χ1v) is 8.34. The van der Waals surface area contributed by atoms with Crippen LogP contribution in [0, 0.1) is 11.7 Å². The SMILES string of the molecule is C=C(NC(C)C1CC1)c1c[nH]c2ncc(Oc3ccccc3F)nc12. The fraction of sp³-hybridized carbons (Fsp3) is 0.263. The smallest absolute Gasteiger partial charge is 0.238 e. The number of rotatable bonds is 6. The van der Waals surface area contributed by atoms with Crippen LogP contribution in [-0.4, -0.2) is 21.0 Å². The number of aromatic amines is 1. The number of halogens is 1. The highest BCUT2D eigenvalue weighted by atomic mass is 19.1. The zero-order valence-corrected chi connectivity index (χ0v) is 13.9. The molecule has 1 aromatic carbocycles. The maximum atomic E-state index is 13.8. The van der Waals surface area contributed by atoms with Gasteiger partial charge in [0.1, 0.15) is 5.52 Å². The zero-order chi connectivity index (χ0) is 17.4. The lowest BCUT2D eigenvalue weighted by atomic mass is 10.1. The van der Waals surface area contributed by atoms with E-state index in [-0.39, 0.29) is 11.6 Å². The van der Waals surface area contributed by atoms with Crippen molar-refractivity contribution in [3.63, 3.8) is 0 Å². The van der Waals surface area contributed by atoms with Gasteiger partial charge >= 0.3 is 0 Å². The molecule has 1 atom stereocenters. The Morgan fingerprint density at radius 3 is 2.96 bits per heavy atom. The van der Waals surface area contributed by atoms with Gasteiger partial charge in [0.25, 0.3) is 0 Å². The molecule has 1 aliphatic rings. The number of nitrogens with zero attached hydrogens (tertiary/aromatic N) is 2. The van der Waals surface area contributed by atoms with Crippen molar-refractivity contribution in [3.05, 3.63) is 54.6 Å². The van der Waals surface area contributed by atoms with E-state index in [4.69, 9.17) is 4.74 Å². The van der Waals surface area contributed by atoms with Crippen LogP contribution < -0.4 is 10.1 Å². The van der Waals surface area contributed by atoms with Crippen molar-refractivity contribution in [1.29, 1.82) is 0 Å². The molecule has 2 aromatic heterocycles. The monoisotopic (exact) mass is 338 g/mol. The van der Waals surface area contributed by atoms with Gasteiger partial charge < -0.3 is 15.0 Å². The van der Waals surface area contributed by atoms with Crippen molar-refractivity contribution in [2.24, 2.45) is 5.92 Å². The number of aromatic nitrogens is 3. The third-order valence-electron chi connectivity index (χ3n) is 4.47. The molecule has 128 valence electrons. The first kappa shape index (κ1) is 15.6. The molecule has 1 unspecified atom stereocenters. The second-order valence-corrected chi connectivity index (χ2v) is 6.39. The Labute approximate surface area is 145 Å². The highest BCUT2D eigenvalue weighted by Gasteiger charge is 2.28. The number of benzene rings is 1. The van der Waals surface area contributed by atoms with E-state index < -0.39 is 5.82 Å². The number of hydrogen-bond acceptors (Lipinski definition) is 4. The molecule has 1 aliphatic carbocycles. The van der Waals surface area contributed by atoms with Crippen LogP contribution in [0.15, 0.2) is 43.2 Å². The molecule has 0 amide bonds. The van der Waals surface area contributed by atoms with Crippen LogP contribution in [0.25, 0.3) is 16.9 Å². The van der Waals surface area contributed by atoms with Crippen LogP contribution in [-0.2, 0) is 0 Å². The van der Waals surface area contributed by atoms with Crippen LogP contribution >= 0.6 is 0 Å². The van der Waals surface area contributed by atoms with Crippen molar-refractivity contribution in [2.75, 3.05) is 0 Å². The third-order valence-corrected chi connectivity index (χ3v) is 4.47. The Morgan fingerprint density at radius 2 is 2.20 bits per heavy atom. The first-order valence-electron chi connectivity index (χ1n) is 8.34. The standard InChI is InChI=1S/C19H19FN4O/c1-11(13-7-8-13)23-12(2)14-9-21-19-18(14)24-17(10-22-19)25-16-6-4-3-5-15(16)20/h3-6,9-11,13,23H,2,7-8H2,1H3,(H,21,22). The Hall–Kier alpha value is -2.89. The summed E-state index contributed by atoms with van der Waals surface area (Å²) in [6, 6.07) is 6.59. The van der Waals surface area contributed by atoms with Crippen LogP contribution in [0.5, 0.6) is 11.6 Å². The maximum absolute atomic E-state index is 13.8. The van der Waals surface area contributed by atoms with Crippen LogP contribution in [0.1, 0.15) is 25.3 Å². The lowest BCUT2D eigenvalue weighted by Gasteiger charge is -2.15. The average molecular weight is 338 g/mol. The molecule has 2 heterocycles. The summed E-state index contributed by atoms with van der Waals surface area (Å²) in [6.07, 6.45) is 5.82. The first-order chi connectivity index (χ1) is 12.1. The molecule has 5 nitrogen and oxygen atoms in total. The van der Waals surface area contributed by atoms with Gasteiger partial charge in [0, 0.05) is 23.5 Å². The van der Waals surface area contributed by atoms with E-state index in [1.54, 1.807) is 18.2 Å². The van der Waals surface area contributed by atoms with Gasteiger partial charge in [-0.1, -0.05) is 18.7 Å². The minimum Gasteiger partial charge on any atom is -0.434 e. The summed E-state index contributed by atoms with van der Waals surface area (Å²) >= 11 is 0. The number of H-pyrrole nitrogens is 1. The molecular formula is C19H19FN4O. The minimum absolute atomic E-state index is 0.118. The lowest BCUT2D eigenvalue weighted by Crippen LogP contribution is -2.25. The Kier molecular flexibility index (Phi) is 3.87. The summed E-state index contributed by atoms with van der Waals surface area (Å²) in [5.41, 5.74) is 2.92. The normalized spacial score (nSPS) is 15.1. The molecular weight excluding hydrogens is 319 g/mol. The van der Waals surface area contributed by atoms with Gasteiger partial charge in [-0.2, -0.15) is 0 Å². The molecule has 0 aliphatic heterocycles. The maximum Gasteiger partial charge on any atom is 0.238 e. The van der Waals surface area contributed by atoms with Gasteiger partial charge in [0.05, 0.1) is 6.20 Å². The second-order valence-electron chi connectivity index (χ2n) is 6.39. The van der Waals surface area contributed by atoms with Gasteiger partial charge in [0.15, 0.2) is 17.2 Å². The quantitative estimate of drug-likeness (QED) is 0.705. The van der Waals surface area contributed by atoms with E-state index in [0.29, 0.717) is 23.1 Å². The fourth-order valence-electron chi connectivity index (χ4n) is 2.86. The summed E-state index contributed by atoms with van der Waals surface area (Å²) in [7, 11) is 0. The average Bonchev–Trinajstić information content (AvgIpc) is 3.37. The van der Waals surface area contributed by atoms with E-state index in [2.05, 4.69) is 33.8 Å². The number of hydrogen-bond donors (Lipinski definition) is 2. The van der Waals surface area contributed by atoms with Gasteiger partial charge in [-0.3, -0.25) is 0 Å². The second kappa shape index (κ2) is 6.20. The molecule has 6 heteroatoms. The van der Waals surface area contributed by atoms with Gasteiger partial charge in [-0.15, -0.1) is 0 Å². The summed E-state index contributed by atoms with van der Waals surface area (Å²) in [4.78, 5) is 11.9. The highest BCUT2D eigenvalue weighted by Crippen LogP contribution is 2.33. The van der Waals surface area contributed by atoms with E-state index >= 15 is 0 Å². The Morgan fingerprint density at radius 1 is 1.40 bits per heavy atom. The summed E-state index contributed by atoms with van der Waals surface area (Å²) in [5, 5.41) is 3.43. The zero-order valence-electron chi connectivity index (χ0n) is 13.9. The molecule has 3 aromatic rings. The third kappa shape index (κ3) is 3.20. The number of nitrogens with one attached hydrogen (secondary N) is 2. The topological polar surface area (TPSA) is 62.8 Å². The predicted molar refractivity (Wildman–Crippen MR) is 94.7 cm³/mol. The van der Waals surface area contributed by atoms with Crippen molar-refractivity contribution < 1.29 is 9.13 Å². The largest absolute Gasteiger partial charge is 0.434 e. The molecule has 0 radical (unpaired) electrons. The van der Waals surface area contributed by atoms with E-state index in [0.717, 1.165) is 11.3 Å². The Balaban J connectivity index is 1.61. The van der Waals surface area contributed by atoms with Crippen molar-refractivity contribution in [2.45, 2.75) is 25.8 Å². The number of para-hydroxylation sites is 1. The van der Waals surface area contributed by atoms with Crippen molar-refractivity contribution in [1.82, 2.24) is 20.3 Å². The molecule has 1 fully saturated rings. The van der Waals surface area contributed by atoms with Gasteiger partial charge in [0.2, 0.25) is 5.88 Å². The predicted octanol–water partition coefficient (Wildman–Crippen LogP) is 4.25. The highest BCUT2D eigenvalue weighted by molar-refractivity contribution is 5.86. The number of ether oxygens (including phenoxy) is 1. The Bertz CT molecular complexity index is 932. The molecule has 0 bridgehead atoms. The van der Waals surface area contributed by atoms with Crippen LogP contribution in [0.4, 0.5) is 4.39 Å². The molecule has 0 saturated heterocycles. The summed E-state index contributed by atoms with van der Waals surface area (Å²) < 4.78 is 19.3. The summed E-state index contributed by atoms with van der Waals surface area (Å²) in [5.74, 6) is 0.630. The lowest BCUT2D eigenvalue weighted by molar-refractivity contribution is 0.427. The van der Waals surface area contributed by atoms with Crippen molar-refractivity contribution >= 4 is 16.9 Å². The molecule has 2 N–H and O–H groups in total. The van der Waals surface area contributed by atoms with E-state index in [9.17, 15) is 4.39 Å². The number of fused-ring (bicyclic) bond motifs is 1. The molecule has 4 rings (SSSR count).